The first-order valence-corrected chi connectivity index (χ1v) is 33.6. The summed E-state index contributed by atoms with van der Waals surface area (Å²) in [4.78, 5) is 0. The van der Waals surface area contributed by atoms with Gasteiger partial charge in [-0.1, -0.05) is 193 Å². The summed E-state index contributed by atoms with van der Waals surface area (Å²) in [5, 5.41) is 30.5. The van der Waals surface area contributed by atoms with Crippen LogP contribution in [0.2, 0.25) is 0 Å². The standard InChI is InChI=1S/C84H102F2N2O4/c1-21-22-25-52-26-32-60-61-33-27-53(80(8,9)10)43-69(61)87(68(60)40-52)72-46-56(83(17,18)50-78(2,3)4)41-66(76(72)89)64-48-58(85)30-36-74(64)91-38-23-24-39-92-75-37-31-59(86)49-65(75)67-42-57(84(19,20)51-79(5,6)7)47-73(77(67)90)88-70-44-54(81(11,12)13)28-34-62(70)63-35-29-55(45-71(63)88)82(14,15)16/h26-37,40-49,89-90H,21-25,38-39,50-51H2,1-20H3. The second kappa shape index (κ2) is 24.7. The van der Waals surface area contributed by atoms with E-state index in [-0.39, 0.29) is 62.6 Å². The molecule has 0 unspecified atom stereocenters. The molecule has 0 atom stereocenters. The molecule has 0 amide bonds. The number of nitrogens with zero attached hydrogens (tertiary/aromatic N) is 2. The highest BCUT2D eigenvalue weighted by Gasteiger charge is 2.34. The van der Waals surface area contributed by atoms with Gasteiger partial charge < -0.3 is 28.8 Å². The fourth-order valence-electron chi connectivity index (χ4n) is 14.4. The van der Waals surface area contributed by atoms with Crippen LogP contribution >= 0.6 is 0 Å². The Kier molecular flexibility index (Phi) is 18.1. The van der Waals surface area contributed by atoms with Gasteiger partial charge in [-0.05, 0) is 195 Å². The Morgan fingerprint density at radius 3 is 1.05 bits per heavy atom. The van der Waals surface area contributed by atoms with Crippen molar-refractivity contribution in [1.82, 2.24) is 9.13 Å². The Morgan fingerprint density at radius 2 is 0.717 bits per heavy atom. The molecule has 486 valence electrons. The number of phenolic OH excluding ortho intramolecular Hbond substituents is 2. The number of rotatable bonds is 18. The molecule has 0 saturated heterocycles. The van der Waals surface area contributed by atoms with Gasteiger partial charge in [0.1, 0.15) is 34.6 Å². The van der Waals surface area contributed by atoms with E-state index >= 15 is 8.78 Å². The Bertz CT molecular complexity index is 4330. The maximum absolute atomic E-state index is 15.9. The molecular formula is C84H102F2N2O4. The molecule has 0 fully saturated rings. The minimum atomic E-state index is -0.444. The number of aromatic nitrogens is 2. The smallest absolute Gasteiger partial charge is 0.147 e. The minimum Gasteiger partial charge on any atom is -0.505 e. The molecule has 10 aromatic rings. The van der Waals surface area contributed by atoms with Crippen LogP contribution in [0.1, 0.15) is 210 Å². The Labute approximate surface area is 548 Å². The zero-order valence-corrected chi connectivity index (χ0v) is 58.9. The molecule has 8 aromatic carbocycles. The summed E-state index contributed by atoms with van der Waals surface area (Å²) in [6.45, 7) is 45.3. The Balaban J connectivity index is 1.01. The zero-order chi connectivity index (χ0) is 67.0. The number of aryl methyl sites for hydroxylation is 1. The van der Waals surface area contributed by atoms with Gasteiger partial charge in [-0.15, -0.1) is 0 Å². The van der Waals surface area contributed by atoms with Crippen molar-refractivity contribution in [1.29, 1.82) is 0 Å². The molecule has 0 bridgehead atoms. The predicted octanol–water partition coefficient (Wildman–Crippen LogP) is 23.8. The number of benzene rings is 8. The van der Waals surface area contributed by atoms with Crippen molar-refractivity contribution in [3.63, 3.8) is 0 Å². The summed E-state index contributed by atoms with van der Waals surface area (Å²) in [6.07, 6.45) is 5.92. The van der Waals surface area contributed by atoms with Crippen molar-refractivity contribution in [3.8, 4) is 56.6 Å². The lowest BCUT2D eigenvalue weighted by Crippen LogP contribution is -2.25. The average Bonchev–Trinajstić information content (AvgIpc) is 1.54. The number of ether oxygens (including phenoxy) is 2. The molecule has 2 heterocycles. The minimum absolute atomic E-state index is 0.0264. The topological polar surface area (TPSA) is 68.8 Å². The van der Waals surface area contributed by atoms with Gasteiger partial charge in [0.15, 0.2) is 0 Å². The molecule has 92 heavy (non-hydrogen) atoms. The van der Waals surface area contributed by atoms with E-state index in [1.807, 2.05) is 12.1 Å². The second-order valence-corrected chi connectivity index (χ2v) is 33.3. The van der Waals surface area contributed by atoms with Crippen molar-refractivity contribution < 1.29 is 28.5 Å². The highest BCUT2D eigenvalue weighted by atomic mass is 19.1. The molecule has 0 aliphatic rings. The van der Waals surface area contributed by atoms with E-state index in [1.54, 1.807) is 12.1 Å². The molecule has 8 heteroatoms. The number of hydrogen-bond donors (Lipinski definition) is 2. The van der Waals surface area contributed by atoms with Crippen molar-refractivity contribution in [2.45, 2.75) is 210 Å². The summed E-state index contributed by atoms with van der Waals surface area (Å²) in [5.74, 6) is 0.0854. The SMILES string of the molecule is CCCCc1ccc2c3ccc(C(C)(C)C)cc3n(-c3cc(C(C)(C)CC(C)(C)C)cc(-c4cc(F)ccc4OCCCCOc4ccc(F)cc4-c4cc(C(C)(C)CC(C)(C)C)cc(-n5c6cc(C(C)(C)C)ccc6c6ccc(C(C)(C)C)cc65)c4O)c3O)c2c1. The van der Waals surface area contributed by atoms with E-state index in [1.165, 1.54) is 46.5 Å². The summed E-state index contributed by atoms with van der Waals surface area (Å²) < 4.78 is 49.7. The lowest BCUT2D eigenvalue weighted by molar-refractivity contribution is 0.267. The van der Waals surface area contributed by atoms with Crippen molar-refractivity contribution in [2.75, 3.05) is 13.2 Å². The normalized spacial score (nSPS) is 13.2. The Morgan fingerprint density at radius 1 is 0.370 bits per heavy atom. The van der Waals surface area contributed by atoms with Crippen molar-refractivity contribution in [3.05, 3.63) is 178 Å². The molecular weight excluding hydrogens is 1140 g/mol. The van der Waals surface area contributed by atoms with Gasteiger partial charge in [0.05, 0.1) is 46.7 Å². The maximum Gasteiger partial charge on any atom is 0.147 e. The van der Waals surface area contributed by atoms with E-state index in [4.69, 9.17) is 9.47 Å². The molecule has 2 N–H and O–H groups in total. The molecule has 0 spiro atoms. The van der Waals surface area contributed by atoms with E-state index in [0.29, 0.717) is 58.0 Å². The second-order valence-electron chi connectivity index (χ2n) is 33.3. The quantitative estimate of drug-likeness (QED) is 0.0840. The van der Waals surface area contributed by atoms with E-state index in [2.05, 4.69) is 233 Å². The summed E-state index contributed by atoms with van der Waals surface area (Å²) in [6, 6.07) is 44.4. The molecule has 10 rings (SSSR count). The van der Waals surface area contributed by atoms with Gasteiger partial charge in [-0.3, -0.25) is 0 Å². The van der Waals surface area contributed by atoms with Gasteiger partial charge in [-0.2, -0.15) is 0 Å². The van der Waals surface area contributed by atoms with Crippen LogP contribution in [0.25, 0.3) is 77.2 Å². The Hall–Kier alpha value is -7.58. The van der Waals surface area contributed by atoms with Gasteiger partial charge in [-0.25, -0.2) is 8.78 Å². The van der Waals surface area contributed by atoms with E-state index in [0.717, 1.165) is 86.8 Å². The van der Waals surface area contributed by atoms with Crippen molar-refractivity contribution >= 4 is 43.6 Å². The number of fused-ring (bicyclic) bond motifs is 6. The van der Waals surface area contributed by atoms with Gasteiger partial charge in [0, 0.05) is 43.8 Å². The van der Waals surface area contributed by atoms with Crippen LogP contribution in [0.4, 0.5) is 8.78 Å². The molecule has 2 aromatic heterocycles. The van der Waals surface area contributed by atoms with Crippen LogP contribution in [-0.2, 0) is 33.5 Å². The van der Waals surface area contributed by atoms with Crippen LogP contribution in [-0.4, -0.2) is 32.6 Å². The fourth-order valence-corrected chi connectivity index (χ4v) is 14.4. The van der Waals surface area contributed by atoms with E-state index in [9.17, 15) is 10.2 Å². The van der Waals surface area contributed by atoms with Crippen LogP contribution in [0.15, 0.2) is 133 Å². The number of phenols is 2. The van der Waals surface area contributed by atoms with Gasteiger partial charge >= 0.3 is 0 Å². The molecule has 0 radical (unpaired) electrons. The molecule has 0 aliphatic heterocycles. The number of halogens is 2. The number of hydrogen-bond acceptors (Lipinski definition) is 4. The highest BCUT2D eigenvalue weighted by Crippen LogP contribution is 2.51. The van der Waals surface area contributed by atoms with Crippen LogP contribution in [0, 0.1) is 22.5 Å². The van der Waals surface area contributed by atoms with Crippen molar-refractivity contribution in [2.24, 2.45) is 10.8 Å². The largest absolute Gasteiger partial charge is 0.505 e. The van der Waals surface area contributed by atoms with Crippen LogP contribution in [0.5, 0.6) is 23.0 Å². The van der Waals surface area contributed by atoms with Gasteiger partial charge in [0.25, 0.3) is 0 Å². The molecule has 6 nitrogen and oxygen atoms in total. The predicted molar refractivity (Wildman–Crippen MR) is 385 cm³/mol. The zero-order valence-electron chi connectivity index (χ0n) is 58.9. The molecule has 0 saturated carbocycles. The summed E-state index contributed by atoms with van der Waals surface area (Å²) in [7, 11) is 0. The third kappa shape index (κ3) is 14.0. The monoisotopic (exact) mass is 1240 g/mol. The van der Waals surface area contributed by atoms with Crippen LogP contribution < -0.4 is 9.47 Å². The third-order valence-corrected chi connectivity index (χ3v) is 18.7. The summed E-state index contributed by atoms with van der Waals surface area (Å²) >= 11 is 0. The average molecular weight is 1240 g/mol. The summed E-state index contributed by atoms with van der Waals surface area (Å²) in [5.41, 5.74) is 12.7. The van der Waals surface area contributed by atoms with Crippen LogP contribution in [0.3, 0.4) is 0 Å². The van der Waals surface area contributed by atoms with Gasteiger partial charge in [0.2, 0.25) is 0 Å². The third-order valence-electron chi connectivity index (χ3n) is 18.7. The fraction of sp³-hybridized carbons (Fsp3) is 0.429. The highest BCUT2D eigenvalue weighted by molar-refractivity contribution is 6.11. The first-order valence-electron chi connectivity index (χ1n) is 33.6. The first-order chi connectivity index (χ1) is 42.8. The number of aromatic hydroxyl groups is 2. The maximum atomic E-state index is 15.9. The van der Waals surface area contributed by atoms with E-state index < -0.39 is 11.6 Å². The lowest BCUT2D eigenvalue weighted by atomic mass is 9.71. The number of unbranched alkanes of at least 4 members (excludes halogenated alkanes) is 2. The molecule has 0 aliphatic carbocycles. The first kappa shape index (κ1) is 67.3. The lowest BCUT2D eigenvalue weighted by Gasteiger charge is -2.34.